The SMILES string of the molecule is C=C(CCC)C(N)Cc1c[nH]c2ccc(Br)cc12. The molecule has 0 radical (unpaired) electrons. The first kappa shape index (κ1) is 13.4. The molecule has 3 N–H and O–H groups in total. The molecule has 1 atom stereocenters. The second-order valence-corrected chi connectivity index (χ2v) is 5.64. The monoisotopic (exact) mass is 306 g/mol. The largest absolute Gasteiger partial charge is 0.361 e. The lowest BCUT2D eigenvalue weighted by Gasteiger charge is -2.13. The van der Waals surface area contributed by atoms with E-state index in [1.807, 2.05) is 6.07 Å². The molecule has 1 unspecified atom stereocenters. The predicted molar refractivity (Wildman–Crippen MR) is 81.7 cm³/mol. The van der Waals surface area contributed by atoms with Crippen LogP contribution >= 0.6 is 15.9 Å². The summed E-state index contributed by atoms with van der Waals surface area (Å²) < 4.78 is 1.09. The molecule has 2 nitrogen and oxygen atoms in total. The fraction of sp³-hybridized carbons (Fsp3) is 0.333. The van der Waals surface area contributed by atoms with E-state index in [1.165, 1.54) is 10.9 Å². The number of aromatic nitrogens is 1. The highest BCUT2D eigenvalue weighted by Crippen LogP contribution is 2.24. The van der Waals surface area contributed by atoms with Gasteiger partial charge in [0.25, 0.3) is 0 Å². The van der Waals surface area contributed by atoms with Crippen LogP contribution in [0.25, 0.3) is 10.9 Å². The summed E-state index contributed by atoms with van der Waals surface area (Å²) in [6.45, 7) is 6.23. The summed E-state index contributed by atoms with van der Waals surface area (Å²) in [6.07, 6.45) is 5.00. The van der Waals surface area contributed by atoms with Crippen LogP contribution in [0, 0.1) is 0 Å². The molecular weight excluding hydrogens is 288 g/mol. The summed E-state index contributed by atoms with van der Waals surface area (Å²) in [5.41, 5.74) is 9.75. The minimum absolute atomic E-state index is 0.0444. The van der Waals surface area contributed by atoms with Crippen LogP contribution in [0.1, 0.15) is 25.3 Å². The van der Waals surface area contributed by atoms with Crippen LogP contribution in [0.3, 0.4) is 0 Å². The zero-order chi connectivity index (χ0) is 13.1. The van der Waals surface area contributed by atoms with Gasteiger partial charge in [-0.15, -0.1) is 0 Å². The van der Waals surface area contributed by atoms with Gasteiger partial charge in [-0.3, -0.25) is 0 Å². The van der Waals surface area contributed by atoms with Gasteiger partial charge in [0.1, 0.15) is 0 Å². The van der Waals surface area contributed by atoms with E-state index in [0.29, 0.717) is 0 Å². The fourth-order valence-corrected chi connectivity index (χ4v) is 2.57. The summed E-state index contributed by atoms with van der Waals surface area (Å²) in [5.74, 6) is 0. The molecule has 2 aromatic rings. The zero-order valence-electron chi connectivity index (χ0n) is 10.7. The third kappa shape index (κ3) is 2.85. The van der Waals surface area contributed by atoms with E-state index in [9.17, 15) is 0 Å². The summed E-state index contributed by atoms with van der Waals surface area (Å²) in [5, 5.41) is 1.24. The first-order valence-electron chi connectivity index (χ1n) is 6.30. The number of H-pyrrole nitrogens is 1. The third-order valence-electron chi connectivity index (χ3n) is 3.26. The van der Waals surface area contributed by atoms with Gasteiger partial charge in [0, 0.05) is 27.6 Å². The number of rotatable bonds is 5. The van der Waals surface area contributed by atoms with Gasteiger partial charge in [0.05, 0.1) is 0 Å². The summed E-state index contributed by atoms with van der Waals surface area (Å²) >= 11 is 3.51. The van der Waals surface area contributed by atoms with Crippen molar-refractivity contribution in [3.05, 3.63) is 46.6 Å². The van der Waals surface area contributed by atoms with Crippen molar-refractivity contribution in [1.29, 1.82) is 0 Å². The first-order chi connectivity index (χ1) is 8.61. The van der Waals surface area contributed by atoms with Gasteiger partial charge < -0.3 is 10.7 Å². The van der Waals surface area contributed by atoms with E-state index in [4.69, 9.17) is 5.73 Å². The van der Waals surface area contributed by atoms with Crippen molar-refractivity contribution in [2.45, 2.75) is 32.2 Å². The molecule has 2 rings (SSSR count). The Labute approximate surface area is 116 Å². The molecule has 0 bridgehead atoms. The molecule has 0 amide bonds. The van der Waals surface area contributed by atoms with E-state index < -0.39 is 0 Å². The molecule has 18 heavy (non-hydrogen) atoms. The highest BCUT2D eigenvalue weighted by molar-refractivity contribution is 9.10. The van der Waals surface area contributed by atoms with Gasteiger partial charge in [-0.05, 0) is 36.6 Å². The number of nitrogens with one attached hydrogen (secondary N) is 1. The van der Waals surface area contributed by atoms with Crippen molar-refractivity contribution in [2.75, 3.05) is 0 Å². The van der Waals surface area contributed by atoms with Crippen molar-refractivity contribution in [3.63, 3.8) is 0 Å². The van der Waals surface area contributed by atoms with Crippen molar-refractivity contribution >= 4 is 26.8 Å². The minimum Gasteiger partial charge on any atom is -0.361 e. The van der Waals surface area contributed by atoms with Gasteiger partial charge in [-0.25, -0.2) is 0 Å². The first-order valence-corrected chi connectivity index (χ1v) is 7.10. The number of nitrogens with two attached hydrogens (primary N) is 1. The predicted octanol–water partition coefficient (Wildman–Crippen LogP) is 4.16. The number of hydrogen-bond donors (Lipinski definition) is 2. The number of benzene rings is 1. The molecule has 0 spiro atoms. The van der Waals surface area contributed by atoms with Gasteiger partial charge in [0.2, 0.25) is 0 Å². The number of hydrogen-bond acceptors (Lipinski definition) is 1. The highest BCUT2D eigenvalue weighted by atomic mass is 79.9. The maximum atomic E-state index is 6.20. The van der Waals surface area contributed by atoms with E-state index in [0.717, 1.165) is 34.8 Å². The summed E-state index contributed by atoms with van der Waals surface area (Å²) in [6, 6.07) is 6.30. The van der Waals surface area contributed by atoms with Crippen molar-refractivity contribution < 1.29 is 0 Å². The molecule has 1 aromatic carbocycles. The minimum atomic E-state index is 0.0444. The van der Waals surface area contributed by atoms with E-state index in [2.05, 4.69) is 52.7 Å². The summed E-state index contributed by atoms with van der Waals surface area (Å²) in [7, 11) is 0. The third-order valence-corrected chi connectivity index (χ3v) is 3.76. The molecule has 0 saturated carbocycles. The number of aromatic amines is 1. The van der Waals surface area contributed by atoms with E-state index in [-0.39, 0.29) is 6.04 Å². The Morgan fingerprint density at radius 3 is 3.00 bits per heavy atom. The van der Waals surface area contributed by atoms with Crippen LogP contribution < -0.4 is 5.73 Å². The Balaban J connectivity index is 2.21. The van der Waals surface area contributed by atoms with E-state index in [1.54, 1.807) is 0 Å². The lowest BCUT2D eigenvalue weighted by Crippen LogP contribution is -2.24. The maximum Gasteiger partial charge on any atom is 0.0457 e. The molecule has 3 heteroatoms. The summed E-state index contributed by atoms with van der Waals surface area (Å²) in [4.78, 5) is 3.29. The number of fused-ring (bicyclic) bond motifs is 1. The molecule has 0 aliphatic heterocycles. The van der Waals surface area contributed by atoms with Crippen molar-refractivity contribution in [3.8, 4) is 0 Å². The number of halogens is 1. The van der Waals surface area contributed by atoms with Crippen molar-refractivity contribution in [1.82, 2.24) is 4.98 Å². The van der Waals surface area contributed by atoms with Gasteiger partial charge in [0.15, 0.2) is 0 Å². The highest BCUT2D eigenvalue weighted by Gasteiger charge is 2.11. The molecule has 1 heterocycles. The molecule has 0 aliphatic rings. The molecule has 96 valence electrons. The van der Waals surface area contributed by atoms with Crippen LogP contribution in [0.2, 0.25) is 0 Å². The molecule has 1 aromatic heterocycles. The lowest BCUT2D eigenvalue weighted by atomic mass is 9.97. The molecule has 0 fully saturated rings. The van der Waals surface area contributed by atoms with E-state index >= 15 is 0 Å². The Hall–Kier alpha value is -1.06. The molecule has 0 aliphatic carbocycles. The van der Waals surface area contributed by atoms with Crippen LogP contribution in [-0.4, -0.2) is 11.0 Å². The Morgan fingerprint density at radius 1 is 1.50 bits per heavy atom. The average Bonchev–Trinajstić information content (AvgIpc) is 2.72. The topological polar surface area (TPSA) is 41.8 Å². The van der Waals surface area contributed by atoms with Crippen LogP contribution in [0.4, 0.5) is 0 Å². The zero-order valence-corrected chi connectivity index (χ0v) is 12.3. The standard InChI is InChI=1S/C15H19BrN2/c1-3-4-10(2)14(17)7-11-9-18-15-6-5-12(16)8-13(11)15/h5-6,8-9,14,18H,2-4,7,17H2,1H3. The normalized spacial score (nSPS) is 12.8. The smallest absolute Gasteiger partial charge is 0.0457 e. The lowest BCUT2D eigenvalue weighted by molar-refractivity contribution is 0.714. The quantitative estimate of drug-likeness (QED) is 0.800. The van der Waals surface area contributed by atoms with Gasteiger partial charge in [-0.2, -0.15) is 0 Å². The van der Waals surface area contributed by atoms with Crippen LogP contribution in [0.5, 0.6) is 0 Å². The van der Waals surface area contributed by atoms with Gasteiger partial charge >= 0.3 is 0 Å². The Kier molecular flexibility index (Phi) is 4.25. The Morgan fingerprint density at radius 2 is 2.28 bits per heavy atom. The second kappa shape index (κ2) is 5.72. The molecule has 0 saturated heterocycles. The second-order valence-electron chi connectivity index (χ2n) is 4.72. The molecular formula is C15H19BrN2. The van der Waals surface area contributed by atoms with Crippen molar-refractivity contribution in [2.24, 2.45) is 5.73 Å². The van der Waals surface area contributed by atoms with Crippen LogP contribution in [0.15, 0.2) is 41.0 Å². The van der Waals surface area contributed by atoms with Gasteiger partial charge in [-0.1, -0.05) is 41.4 Å². The fourth-order valence-electron chi connectivity index (χ4n) is 2.21. The Bertz CT molecular complexity index is 557. The maximum absolute atomic E-state index is 6.20. The average molecular weight is 307 g/mol. The van der Waals surface area contributed by atoms with Crippen LogP contribution in [-0.2, 0) is 6.42 Å².